The predicted molar refractivity (Wildman–Crippen MR) is 148 cm³/mol. The standard InChI is InChI=1S/C29H22BrClN2O4/c1-19-4-2-3-5-26(19)29(35)37-27-15-10-23(30)16-22(27)17-32-33-28(34)21-8-13-25(14-9-21)36-18-20-6-11-24(31)12-7-20/h2-17H,18H2,1H3,(H,33,34). The van der Waals surface area contributed by atoms with Gasteiger partial charge in [-0.2, -0.15) is 5.10 Å². The van der Waals surface area contributed by atoms with Crippen LogP contribution in [0, 0.1) is 6.92 Å². The van der Waals surface area contributed by atoms with Gasteiger partial charge in [0.1, 0.15) is 18.1 Å². The Balaban J connectivity index is 1.37. The van der Waals surface area contributed by atoms with Crippen LogP contribution >= 0.6 is 27.5 Å². The molecule has 0 bridgehead atoms. The fourth-order valence-electron chi connectivity index (χ4n) is 3.34. The van der Waals surface area contributed by atoms with Crippen molar-refractivity contribution >= 4 is 45.6 Å². The van der Waals surface area contributed by atoms with Crippen molar-refractivity contribution in [2.24, 2.45) is 5.10 Å². The molecule has 0 radical (unpaired) electrons. The van der Waals surface area contributed by atoms with Gasteiger partial charge in [0.15, 0.2) is 0 Å². The fraction of sp³-hybridized carbons (Fsp3) is 0.0690. The molecule has 4 aromatic rings. The van der Waals surface area contributed by atoms with E-state index in [2.05, 4.69) is 26.5 Å². The van der Waals surface area contributed by atoms with Crippen molar-refractivity contribution in [3.63, 3.8) is 0 Å². The van der Waals surface area contributed by atoms with E-state index in [1.54, 1.807) is 66.7 Å². The van der Waals surface area contributed by atoms with E-state index in [-0.39, 0.29) is 0 Å². The van der Waals surface area contributed by atoms with Crippen LogP contribution in [0.2, 0.25) is 5.02 Å². The molecule has 0 heterocycles. The summed E-state index contributed by atoms with van der Waals surface area (Å²) in [6.45, 7) is 2.23. The number of carbonyl (C=O) groups excluding carboxylic acids is 2. The van der Waals surface area contributed by atoms with Gasteiger partial charge in [0.25, 0.3) is 5.91 Å². The summed E-state index contributed by atoms with van der Waals surface area (Å²) in [7, 11) is 0. The first-order valence-corrected chi connectivity index (χ1v) is 12.4. The zero-order chi connectivity index (χ0) is 26.2. The highest BCUT2D eigenvalue weighted by Crippen LogP contribution is 2.23. The second kappa shape index (κ2) is 12.3. The van der Waals surface area contributed by atoms with Crippen molar-refractivity contribution in [3.8, 4) is 11.5 Å². The third kappa shape index (κ3) is 7.29. The molecule has 0 aliphatic carbocycles. The lowest BCUT2D eigenvalue weighted by Gasteiger charge is -2.09. The number of ether oxygens (including phenoxy) is 2. The second-order valence-electron chi connectivity index (χ2n) is 8.03. The largest absolute Gasteiger partial charge is 0.489 e. The third-order valence-corrected chi connectivity index (χ3v) is 6.09. The van der Waals surface area contributed by atoms with E-state index in [1.807, 2.05) is 31.2 Å². The molecule has 0 aromatic heterocycles. The molecular weight excluding hydrogens is 556 g/mol. The molecule has 1 N–H and O–H groups in total. The lowest BCUT2D eigenvalue weighted by molar-refractivity contribution is 0.0733. The number of halogens is 2. The van der Waals surface area contributed by atoms with Crippen molar-refractivity contribution in [2.45, 2.75) is 13.5 Å². The number of esters is 1. The number of amides is 1. The lowest BCUT2D eigenvalue weighted by atomic mass is 10.1. The van der Waals surface area contributed by atoms with Crippen LogP contribution in [0.5, 0.6) is 11.5 Å². The summed E-state index contributed by atoms with van der Waals surface area (Å²) in [6, 6.07) is 26.5. The molecular formula is C29H22BrClN2O4. The average Bonchev–Trinajstić information content (AvgIpc) is 2.90. The molecule has 8 heteroatoms. The van der Waals surface area contributed by atoms with E-state index in [0.29, 0.717) is 39.8 Å². The number of nitrogens with zero attached hydrogens (tertiary/aromatic N) is 1. The molecule has 0 spiro atoms. The first-order chi connectivity index (χ1) is 17.9. The van der Waals surface area contributed by atoms with E-state index < -0.39 is 11.9 Å². The Bertz CT molecular complexity index is 1440. The topological polar surface area (TPSA) is 77.0 Å². The smallest absolute Gasteiger partial charge is 0.343 e. The van der Waals surface area contributed by atoms with Crippen molar-refractivity contribution in [1.29, 1.82) is 0 Å². The molecule has 0 unspecified atom stereocenters. The van der Waals surface area contributed by atoms with Gasteiger partial charge in [0.05, 0.1) is 11.8 Å². The van der Waals surface area contributed by atoms with Crippen molar-refractivity contribution in [1.82, 2.24) is 5.43 Å². The summed E-state index contributed by atoms with van der Waals surface area (Å²) in [5, 5.41) is 4.71. The van der Waals surface area contributed by atoms with Crippen molar-refractivity contribution in [3.05, 3.63) is 128 Å². The summed E-state index contributed by atoms with van der Waals surface area (Å²) in [6.07, 6.45) is 1.42. The molecule has 1 amide bonds. The molecule has 4 aromatic carbocycles. The van der Waals surface area contributed by atoms with E-state index in [0.717, 1.165) is 15.6 Å². The molecule has 0 aliphatic heterocycles. The summed E-state index contributed by atoms with van der Waals surface area (Å²) in [5.74, 6) is 0.0762. The van der Waals surface area contributed by atoms with Crippen LogP contribution in [0.4, 0.5) is 0 Å². The molecule has 4 rings (SSSR count). The highest BCUT2D eigenvalue weighted by atomic mass is 79.9. The summed E-state index contributed by atoms with van der Waals surface area (Å²) < 4.78 is 12.1. The van der Waals surface area contributed by atoms with Crippen molar-refractivity contribution in [2.75, 3.05) is 0 Å². The Hall–Kier alpha value is -3.94. The summed E-state index contributed by atoms with van der Waals surface area (Å²) >= 11 is 9.31. The van der Waals surface area contributed by atoms with Gasteiger partial charge in [0, 0.05) is 20.6 Å². The summed E-state index contributed by atoms with van der Waals surface area (Å²) in [4.78, 5) is 25.2. The van der Waals surface area contributed by atoms with E-state index >= 15 is 0 Å². The maximum atomic E-state index is 12.6. The van der Waals surface area contributed by atoms with Gasteiger partial charge in [-0.1, -0.05) is 57.9 Å². The van der Waals surface area contributed by atoms with Gasteiger partial charge in [0.2, 0.25) is 0 Å². The molecule has 0 atom stereocenters. The Morgan fingerprint density at radius 3 is 2.43 bits per heavy atom. The van der Waals surface area contributed by atoms with Crippen LogP contribution in [-0.2, 0) is 6.61 Å². The first kappa shape index (κ1) is 26.1. The second-order valence-corrected chi connectivity index (χ2v) is 9.38. The number of rotatable bonds is 8. The Labute approximate surface area is 228 Å². The molecule has 186 valence electrons. The third-order valence-electron chi connectivity index (χ3n) is 5.34. The molecule has 0 saturated heterocycles. The molecule has 0 fully saturated rings. The van der Waals surface area contributed by atoms with Gasteiger partial charge >= 0.3 is 5.97 Å². The first-order valence-electron chi connectivity index (χ1n) is 11.3. The van der Waals surface area contributed by atoms with E-state index in [9.17, 15) is 9.59 Å². The minimum absolute atomic E-state index is 0.316. The zero-order valence-corrected chi connectivity index (χ0v) is 22.1. The van der Waals surface area contributed by atoms with Gasteiger partial charge in [-0.05, 0) is 78.7 Å². The maximum absolute atomic E-state index is 12.6. The monoisotopic (exact) mass is 576 g/mol. The zero-order valence-electron chi connectivity index (χ0n) is 19.8. The highest BCUT2D eigenvalue weighted by molar-refractivity contribution is 9.10. The number of nitrogens with one attached hydrogen (secondary N) is 1. The molecule has 37 heavy (non-hydrogen) atoms. The van der Waals surface area contributed by atoms with Gasteiger partial charge in [-0.3, -0.25) is 4.79 Å². The maximum Gasteiger partial charge on any atom is 0.343 e. The number of carbonyl (C=O) groups is 2. The van der Waals surface area contributed by atoms with Crippen LogP contribution < -0.4 is 14.9 Å². The SMILES string of the molecule is Cc1ccccc1C(=O)Oc1ccc(Br)cc1C=NNC(=O)c1ccc(OCc2ccc(Cl)cc2)cc1. The van der Waals surface area contributed by atoms with E-state index in [1.165, 1.54) is 6.21 Å². The Morgan fingerprint density at radius 2 is 1.70 bits per heavy atom. The summed E-state index contributed by atoms with van der Waals surface area (Å²) in [5.41, 5.74) is 5.69. The van der Waals surface area contributed by atoms with Crippen LogP contribution in [0.3, 0.4) is 0 Å². The van der Waals surface area contributed by atoms with Gasteiger partial charge in [-0.15, -0.1) is 0 Å². The quantitative estimate of drug-likeness (QED) is 0.106. The molecule has 0 saturated carbocycles. The minimum atomic E-state index is -0.475. The van der Waals surface area contributed by atoms with Crippen LogP contribution in [0.15, 0.2) is 101 Å². The van der Waals surface area contributed by atoms with Gasteiger partial charge < -0.3 is 9.47 Å². The van der Waals surface area contributed by atoms with E-state index in [4.69, 9.17) is 21.1 Å². The predicted octanol–water partition coefficient (Wildman–Crippen LogP) is 6.97. The number of benzene rings is 4. The highest BCUT2D eigenvalue weighted by Gasteiger charge is 2.13. The van der Waals surface area contributed by atoms with Crippen LogP contribution in [-0.4, -0.2) is 18.1 Å². The number of hydrogen-bond donors (Lipinski definition) is 1. The lowest BCUT2D eigenvalue weighted by Crippen LogP contribution is -2.17. The van der Waals surface area contributed by atoms with Crippen molar-refractivity contribution < 1.29 is 19.1 Å². The molecule has 6 nitrogen and oxygen atoms in total. The number of aryl methyl sites for hydroxylation is 1. The van der Waals surface area contributed by atoms with Gasteiger partial charge in [-0.25, -0.2) is 10.2 Å². The minimum Gasteiger partial charge on any atom is -0.489 e. The Morgan fingerprint density at radius 1 is 0.973 bits per heavy atom. The Kier molecular flexibility index (Phi) is 8.72. The molecule has 0 aliphatic rings. The average molecular weight is 578 g/mol. The number of hydrogen-bond acceptors (Lipinski definition) is 5. The van der Waals surface area contributed by atoms with Crippen LogP contribution in [0.25, 0.3) is 0 Å². The number of hydrazone groups is 1. The van der Waals surface area contributed by atoms with Crippen LogP contribution in [0.1, 0.15) is 37.4 Å². The fourth-order valence-corrected chi connectivity index (χ4v) is 3.85. The normalized spacial score (nSPS) is 10.8.